The highest BCUT2D eigenvalue weighted by atomic mass is 32.2. The number of sulfonamides is 1. The van der Waals surface area contributed by atoms with E-state index < -0.39 is 68.5 Å². The molecule has 2 aromatic carbocycles. The Morgan fingerprint density at radius 3 is 2.27 bits per heavy atom. The zero-order valence-electron chi connectivity index (χ0n) is 22.2. The van der Waals surface area contributed by atoms with Gasteiger partial charge in [0.2, 0.25) is 27.7 Å². The second-order valence-electron chi connectivity index (χ2n) is 10.3. The summed E-state index contributed by atoms with van der Waals surface area (Å²) in [5.41, 5.74) is 1.15. The number of benzene rings is 2. The van der Waals surface area contributed by atoms with Crippen molar-refractivity contribution >= 4 is 45.5 Å². The number of phenols is 1. The largest absolute Gasteiger partial charge is 0.508 e. The summed E-state index contributed by atoms with van der Waals surface area (Å²) in [7, 11) is -2.75. The number of β-lactam (4-membered cyclic amide) rings is 1. The van der Waals surface area contributed by atoms with E-state index in [0.717, 1.165) is 9.87 Å². The van der Waals surface area contributed by atoms with Crippen LogP contribution in [0.15, 0.2) is 53.4 Å². The Balaban J connectivity index is 1.50. The molecule has 4 atom stereocenters. The van der Waals surface area contributed by atoms with Crippen LogP contribution in [0.3, 0.4) is 0 Å². The maximum atomic E-state index is 13.4. The minimum atomic E-state index is -3.99. The van der Waals surface area contributed by atoms with Crippen LogP contribution in [0.25, 0.3) is 0 Å². The minimum absolute atomic E-state index is 0.00549. The average molecular weight is 591 g/mol. The molecule has 14 heteroatoms. The molecule has 2 aliphatic heterocycles. The fourth-order valence-corrected chi connectivity index (χ4v) is 7.49. The summed E-state index contributed by atoms with van der Waals surface area (Å²) in [5.74, 6) is -3.30. The number of hydrogen-bond acceptors (Lipinski definition) is 8. The van der Waals surface area contributed by atoms with Crippen LogP contribution in [0.5, 0.6) is 5.75 Å². The molecule has 0 saturated carbocycles. The number of carboxylic acid groups (broad SMARTS) is 1. The first-order valence-electron chi connectivity index (χ1n) is 12.3. The minimum Gasteiger partial charge on any atom is -0.508 e. The molecular weight excluding hydrogens is 560 g/mol. The van der Waals surface area contributed by atoms with E-state index in [2.05, 4.69) is 10.6 Å². The van der Waals surface area contributed by atoms with Crippen molar-refractivity contribution in [1.29, 1.82) is 0 Å². The lowest BCUT2D eigenvalue weighted by Crippen LogP contribution is -2.71. The van der Waals surface area contributed by atoms with Gasteiger partial charge in [0, 0.05) is 11.8 Å². The number of likely N-dealkylation sites (N-methyl/N-ethyl adjacent to an activating group) is 1. The summed E-state index contributed by atoms with van der Waals surface area (Å²) in [6.45, 7) is 4.64. The molecule has 0 bridgehead atoms. The predicted molar refractivity (Wildman–Crippen MR) is 146 cm³/mol. The molecule has 40 heavy (non-hydrogen) atoms. The van der Waals surface area contributed by atoms with Crippen molar-refractivity contribution in [2.75, 3.05) is 13.6 Å². The van der Waals surface area contributed by atoms with Crippen LogP contribution in [-0.2, 0) is 29.2 Å². The molecule has 2 heterocycles. The number of carbonyl (C=O) groups is 4. The van der Waals surface area contributed by atoms with Crippen LogP contribution in [0.2, 0.25) is 0 Å². The monoisotopic (exact) mass is 590 g/mol. The molecule has 4 N–H and O–H groups in total. The third kappa shape index (κ3) is 5.51. The summed E-state index contributed by atoms with van der Waals surface area (Å²) in [6, 6.07) is 8.20. The van der Waals surface area contributed by atoms with E-state index in [-0.39, 0.29) is 16.2 Å². The normalized spacial score (nSPS) is 22.3. The molecule has 0 aromatic heterocycles. The Hall–Kier alpha value is -3.62. The maximum Gasteiger partial charge on any atom is 0.327 e. The average Bonchev–Trinajstić information content (AvgIpc) is 3.14. The molecule has 3 amide bonds. The van der Waals surface area contributed by atoms with Crippen LogP contribution in [0.1, 0.15) is 31.0 Å². The molecule has 12 nitrogen and oxygen atoms in total. The van der Waals surface area contributed by atoms with Gasteiger partial charge < -0.3 is 25.7 Å². The van der Waals surface area contributed by atoms with E-state index in [1.807, 2.05) is 6.92 Å². The van der Waals surface area contributed by atoms with Gasteiger partial charge in [0.25, 0.3) is 0 Å². The molecule has 4 rings (SSSR count). The number of thioether (sulfide) groups is 1. The van der Waals surface area contributed by atoms with Crippen LogP contribution in [-0.4, -0.2) is 87.3 Å². The molecule has 0 spiro atoms. The zero-order chi connectivity index (χ0) is 29.6. The van der Waals surface area contributed by atoms with Crippen molar-refractivity contribution in [3.63, 3.8) is 0 Å². The highest BCUT2D eigenvalue weighted by molar-refractivity contribution is 8.01. The third-order valence-electron chi connectivity index (χ3n) is 6.86. The molecule has 2 fully saturated rings. The van der Waals surface area contributed by atoms with Gasteiger partial charge >= 0.3 is 5.97 Å². The standard InChI is InChI=1S/C26H30N4O8S2/c1-14-5-11-17(12-6-14)40(37,38)29(4)13-18(32)27-19(15-7-9-16(31)10-8-15)22(33)28-20-23(34)30-21(25(35)36)26(2,3)39-24(20)30/h5-12,19-21,24,31H,13H2,1-4H3,(H,27,32)(H,28,33)(H,35,36)/t19?,20?,21-,24+/m0/s1. The van der Waals surface area contributed by atoms with E-state index in [0.29, 0.717) is 0 Å². The number of aryl methyl sites for hydroxylation is 1. The van der Waals surface area contributed by atoms with Gasteiger partial charge in [-0.3, -0.25) is 14.4 Å². The van der Waals surface area contributed by atoms with Crippen LogP contribution in [0, 0.1) is 6.92 Å². The van der Waals surface area contributed by atoms with Crippen LogP contribution >= 0.6 is 11.8 Å². The smallest absolute Gasteiger partial charge is 0.327 e. The lowest BCUT2D eigenvalue weighted by molar-refractivity contribution is -0.161. The summed E-state index contributed by atoms with van der Waals surface area (Å²) in [4.78, 5) is 52.2. The number of phenolic OH excluding ortho intramolecular Hbond substituents is 1. The lowest BCUT2D eigenvalue weighted by atomic mass is 9.95. The topological polar surface area (TPSA) is 173 Å². The van der Waals surface area contributed by atoms with Crippen molar-refractivity contribution in [1.82, 2.24) is 19.8 Å². The van der Waals surface area contributed by atoms with Crippen molar-refractivity contribution in [3.8, 4) is 5.75 Å². The second-order valence-corrected chi connectivity index (χ2v) is 14.1. The number of amides is 3. The number of carbonyl (C=O) groups excluding carboxylic acids is 3. The van der Waals surface area contributed by atoms with Gasteiger partial charge in [0.15, 0.2) is 0 Å². The van der Waals surface area contributed by atoms with Gasteiger partial charge in [-0.15, -0.1) is 11.8 Å². The number of hydrogen-bond donors (Lipinski definition) is 4. The van der Waals surface area contributed by atoms with E-state index >= 15 is 0 Å². The van der Waals surface area contributed by atoms with Crippen LogP contribution < -0.4 is 10.6 Å². The Bertz CT molecular complexity index is 1440. The van der Waals surface area contributed by atoms with E-state index in [1.165, 1.54) is 60.1 Å². The molecule has 0 radical (unpaired) electrons. The highest BCUT2D eigenvalue weighted by Crippen LogP contribution is 2.50. The van der Waals surface area contributed by atoms with Gasteiger partial charge in [-0.1, -0.05) is 29.8 Å². The zero-order valence-corrected chi connectivity index (χ0v) is 23.8. The number of aliphatic carboxylic acids is 1. The number of fused-ring (bicyclic) bond motifs is 1. The quantitative estimate of drug-likeness (QED) is 0.308. The molecule has 2 unspecified atom stereocenters. The van der Waals surface area contributed by atoms with Gasteiger partial charge in [-0.25, -0.2) is 13.2 Å². The van der Waals surface area contributed by atoms with Crippen molar-refractivity contribution in [3.05, 3.63) is 59.7 Å². The Labute approximate surface area is 235 Å². The molecule has 2 saturated heterocycles. The predicted octanol–water partition coefficient (Wildman–Crippen LogP) is 0.810. The van der Waals surface area contributed by atoms with Gasteiger partial charge in [0.05, 0.1) is 11.4 Å². The summed E-state index contributed by atoms with van der Waals surface area (Å²) in [6.07, 6.45) is 0. The number of carboxylic acids is 1. The fourth-order valence-electron chi connectivity index (χ4n) is 4.73. The summed E-state index contributed by atoms with van der Waals surface area (Å²) in [5, 5.41) is 23.8. The molecule has 0 aliphatic carbocycles. The van der Waals surface area contributed by atoms with E-state index in [1.54, 1.807) is 26.0 Å². The number of rotatable bonds is 9. The van der Waals surface area contributed by atoms with Crippen molar-refractivity contribution in [2.24, 2.45) is 0 Å². The first-order valence-corrected chi connectivity index (χ1v) is 14.6. The Morgan fingerprint density at radius 1 is 1.10 bits per heavy atom. The SMILES string of the molecule is Cc1ccc(S(=O)(=O)N(C)CC(=O)NC(C(=O)NC2C(=O)N3[C@@H]2SC(C)(C)[C@@H]3C(=O)O)c2ccc(O)cc2)cc1. The van der Waals surface area contributed by atoms with Crippen molar-refractivity contribution < 1.29 is 37.8 Å². The van der Waals surface area contributed by atoms with Gasteiger partial charge in [-0.05, 0) is 50.6 Å². The Kier molecular flexibility index (Phi) is 7.89. The van der Waals surface area contributed by atoms with Crippen molar-refractivity contribution in [2.45, 2.75) is 53.9 Å². The summed E-state index contributed by atoms with van der Waals surface area (Å²) < 4.78 is 25.9. The van der Waals surface area contributed by atoms with E-state index in [4.69, 9.17) is 0 Å². The van der Waals surface area contributed by atoms with Gasteiger partial charge in [0.1, 0.15) is 29.2 Å². The highest BCUT2D eigenvalue weighted by Gasteiger charge is 2.64. The fraction of sp³-hybridized carbons (Fsp3) is 0.385. The molecule has 2 aliphatic rings. The molecule has 2 aromatic rings. The van der Waals surface area contributed by atoms with Gasteiger partial charge in [-0.2, -0.15) is 4.31 Å². The molecular formula is C26H30N4O8S2. The summed E-state index contributed by atoms with van der Waals surface area (Å²) >= 11 is 1.26. The second kappa shape index (κ2) is 10.7. The maximum absolute atomic E-state index is 13.4. The third-order valence-corrected chi connectivity index (χ3v) is 10.3. The number of nitrogens with zero attached hydrogens (tertiary/aromatic N) is 2. The Morgan fingerprint density at radius 2 is 1.70 bits per heavy atom. The first-order chi connectivity index (χ1) is 18.6. The number of aromatic hydroxyl groups is 1. The number of nitrogens with one attached hydrogen (secondary N) is 2. The van der Waals surface area contributed by atoms with E-state index in [9.17, 15) is 37.8 Å². The van der Waals surface area contributed by atoms with Crippen LogP contribution in [0.4, 0.5) is 0 Å². The molecule has 214 valence electrons. The first kappa shape index (κ1) is 29.4. The lowest BCUT2D eigenvalue weighted by Gasteiger charge is -2.44.